The molecule has 2 N–H and O–H groups in total. The molecule has 0 bridgehead atoms. The summed E-state index contributed by atoms with van der Waals surface area (Å²) in [4.78, 5) is 3.77. The van der Waals surface area contributed by atoms with E-state index < -0.39 is 0 Å². The van der Waals surface area contributed by atoms with E-state index in [9.17, 15) is 0 Å². The van der Waals surface area contributed by atoms with Crippen molar-refractivity contribution in [3.63, 3.8) is 0 Å². The molecule has 0 aliphatic carbocycles. The Balaban J connectivity index is 2.48. The Hall–Kier alpha value is -1.32. The highest BCUT2D eigenvalue weighted by atomic mass is 16.5. The Morgan fingerprint density at radius 1 is 1.78 bits per heavy atom. The van der Waals surface area contributed by atoms with Gasteiger partial charge in [0.1, 0.15) is 0 Å². The second kappa shape index (κ2) is 2.86. The molecule has 1 heterocycles. The van der Waals surface area contributed by atoms with Gasteiger partial charge < -0.3 is 10.3 Å². The van der Waals surface area contributed by atoms with Gasteiger partial charge in [-0.3, -0.25) is 0 Å². The summed E-state index contributed by atoms with van der Waals surface area (Å²) in [6, 6.07) is 0. The molecule has 1 rings (SSSR count). The van der Waals surface area contributed by atoms with Gasteiger partial charge in [0.05, 0.1) is 0 Å². The fourth-order valence-corrected chi connectivity index (χ4v) is 0.455. The van der Waals surface area contributed by atoms with E-state index in [1.165, 1.54) is 12.5 Å². The van der Waals surface area contributed by atoms with Crippen molar-refractivity contribution in [1.29, 1.82) is 0 Å². The first-order chi connectivity index (χ1) is 4.43. The second-order valence-electron chi connectivity index (χ2n) is 1.47. The zero-order valence-electron chi connectivity index (χ0n) is 4.82. The molecule has 1 aromatic rings. The highest BCUT2D eigenvalue weighted by molar-refractivity contribution is 4.88. The number of rotatable bonds is 2. The third-order valence-corrected chi connectivity index (χ3v) is 0.836. The van der Waals surface area contributed by atoms with Crippen LogP contribution >= 0.6 is 0 Å². The summed E-state index contributed by atoms with van der Waals surface area (Å²) >= 11 is 0. The van der Waals surface area contributed by atoms with Crippen molar-refractivity contribution >= 4 is 0 Å². The Bertz CT molecular complexity index is 180. The van der Waals surface area contributed by atoms with Gasteiger partial charge in [-0.2, -0.15) is 4.98 Å². The maximum Gasteiger partial charge on any atom is 0.230 e. The van der Waals surface area contributed by atoms with E-state index in [-0.39, 0.29) is 0 Å². The first-order valence-electron chi connectivity index (χ1n) is 2.56. The Labute approximate surface area is 52.4 Å². The van der Waals surface area contributed by atoms with Gasteiger partial charge in [0.15, 0.2) is 6.33 Å². The van der Waals surface area contributed by atoms with Crippen LogP contribution in [0.3, 0.4) is 0 Å². The van der Waals surface area contributed by atoms with Gasteiger partial charge in [0.2, 0.25) is 5.89 Å². The fourth-order valence-electron chi connectivity index (χ4n) is 0.455. The molecule has 4 nitrogen and oxygen atoms in total. The first-order valence-corrected chi connectivity index (χ1v) is 2.56. The van der Waals surface area contributed by atoms with Gasteiger partial charge in [0.25, 0.3) is 0 Å². The summed E-state index contributed by atoms with van der Waals surface area (Å²) in [7, 11) is 0. The van der Waals surface area contributed by atoms with Crippen LogP contribution in [0.25, 0.3) is 0 Å². The van der Waals surface area contributed by atoms with Gasteiger partial charge in [-0.1, -0.05) is 11.2 Å². The molecule has 48 valence electrons. The molecule has 0 radical (unpaired) electrons. The zero-order valence-corrected chi connectivity index (χ0v) is 4.82. The molecular formula is C5H7N3O. The van der Waals surface area contributed by atoms with Gasteiger partial charge in [0, 0.05) is 6.42 Å². The van der Waals surface area contributed by atoms with Crippen LogP contribution < -0.4 is 5.73 Å². The largest absolute Gasteiger partial charge is 0.405 e. The van der Waals surface area contributed by atoms with E-state index in [4.69, 9.17) is 5.73 Å². The van der Waals surface area contributed by atoms with Crippen molar-refractivity contribution in [2.24, 2.45) is 5.73 Å². The zero-order chi connectivity index (χ0) is 6.53. The van der Waals surface area contributed by atoms with Crippen LogP contribution in [0, 0.1) is 0 Å². The quantitative estimate of drug-likeness (QED) is 0.608. The molecule has 0 unspecified atom stereocenters. The van der Waals surface area contributed by atoms with Crippen molar-refractivity contribution < 1.29 is 4.52 Å². The molecule has 0 fully saturated rings. The molecule has 0 aliphatic heterocycles. The summed E-state index contributed by atoms with van der Waals surface area (Å²) in [5.41, 5.74) is 5.07. The number of aromatic nitrogens is 2. The lowest BCUT2D eigenvalue weighted by Crippen LogP contribution is -1.81. The van der Waals surface area contributed by atoms with E-state index >= 15 is 0 Å². The van der Waals surface area contributed by atoms with Crippen LogP contribution in [0.4, 0.5) is 0 Å². The predicted octanol–water partition coefficient (Wildman–Crippen LogP) is 0.0845. The topological polar surface area (TPSA) is 64.9 Å². The summed E-state index contributed by atoms with van der Waals surface area (Å²) in [5, 5.41) is 3.41. The standard InChI is InChI=1S/C5H7N3O/c6-3-1-2-5-7-4-8-9-5/h1,3-4H,2,6H2. The lowest BCUT2D eigenvalue weighted by atomic mass is 10.4. The van der Waals surface area contributed by atoms with E-state index in [1.54, 1.807) is 6.08 Å². The van der Waals surface area contributed by atoms with Gasteiger partial charge in [-0.05, 0) is 6.20 Å². The fraction of sp³-hybridized carbons (Fsp3) is 0.200. The third kappa shape index (κ3) is 1.56. The summed E-state index contributed by atoms with van der Waals surface area (Å²) in [6.07, 6.45) is 5.16. The lowest BCUT2D eigenvalue weighted by molar-refractivity contribution is 0.385. The smallest absolute Gasteiger partial charge is 0.230 e. The van der Waals surface area contributed by atoms with Crippen LogP contribution in [0.1, 0.15) is 5.89 Å². The minimum Gasteiger partial charge on any atom is -0.405 e. The Morgan fingerprint density at radius 2 is 2.67 bits per heavy atom. The highest BCUT2D eigenvalue weighted by Crippen LogP contribution is 1.91. The van der Waals surface area contributed by atoms with Crippen LogP contribution in [-0.4, -0.2) is 10.1 Å². The monoisotopic (exact) mass is 125 g/mol. The van der Waals surface area contributed by atoms with Crippen molar-refractivity contribution in [2.75, 3.05) is 0 Å². The average molecular weight is 125 g/mol. The van der Waals surface area contributed by atoms with E-state index in [0.29, 0.717) is 12.3 Å². The SMILES string of the molecule is NC=CCc1ncno1. The molecule has 1 aromatic heterocycles. The van der Waals surface area contributed by atoms with E-state index in [1.807, 2.05) is 0 Å². The average Bonchev–Trinajstić information content (AvgIpc) is 2.34. The summed E-state index contributed by atoms with van der Waals surface area (Å²) in [5.74, 6) is 0.580. The second-order valence-corrected chi connectivity index (χ2v) is 1.47. The maximum atomic E-state index is 5.07. The highest BCUT2D eigenvalue weighted by Gasteiger charge is 1.91. The molecule has 0 saturated carbocycles. The number of hydrogen-bond acceptors (Lipinski definition) is 4. The van der Waals surface area contributed by atoms with Crippen LogP contribution in [-0.2, 0) is 6.42 Å². The van der Waals surface area contributed by atoms with Crippen LogP contribution in [0.5, 0.6) is 0 Å². The molecule has 0 atom stereocenters. The number of nitrogens with zero attached hydrogens (tertiary/aromatic N) is 2. The van der Waals surface area contributed by atoms with Crippen molar-refractivity contribution in [3.8, 4) is 0 Å². The van der Waals surface area contributed by atoms with Crippen LogP contribution in [0.2, 0.25) is 0 Å². The van der Waals surface area contributed by atoms with E-state index in [0.717, 1.165) is 0 Å². The molecule has 0 amide bonds. The molecule has 9 heavy (non-hydrogen) atoms. The summed E-state index contributed by atoms with van der Waals surface area (Å²) < 4.78 is 4.67. The molecule has 0 spiro atoms. The van der Waals surface area contributed by atoms with Gasteiger partial charge >= 0.3 is 0 Å². The van der Waals surface area contributed by atoms with E-state index in [2.05, 4.69) is 14.7 Å². The van der Waals surface area contributed by atoms with Gasteiger partial charge in [-0.25, -0.2) is 0 Å². The normalized spacial score (nSPS) is 10.7. The third-order valence-electron chi connectivity index (χ3n) is 0.836. The number of allylic oxidation sites excluding steroid dienone is 1. The van der Waals surface area contributed by atoms with Crippen molar-refractivity contribution in [3.05, 3.63) is 24.5 Å². The van der Waals surface area contributed by atoms with Crippen LogP contribution in [0.15, 0.2) is 23.1 Å². The van der Waals surface area contributed by atoms with Crippen molar-refractivity contribution in [2.45, 2.75) is 6.42 Å². The minimum atomic E-state index is 0.580. The molecule has 0 aliphatic rings. The lowest BCUT2D eigenvalue weighted by Gasteiger charge is -1.79. The Morgan fingerprint density at radius 3 is 3.22 bits per heavy atom. The maximum absolute atomic E-state index is 5.07. The summed E-state index contributed by atoms with van der Waals surface area (Å²) in [6.45, 7) is 0. The number of nitrogens with two attached hydrogens (primary N) is 1. The molecular weight excluding hydrogens is 118 g/mol. The predicted molar refractivity (Wildman–Crippen MR) is 31.3 cm³/mol. The first kappa shape index (κ1) is 5.81. The molecule has 4 heteroatoms. The van der Waals surface area contributed by atoms with Gasteiger partial charge in [-0.15, -0.1) is 0 Å². The molecule has 0 saturated heterocycles. The minimum absolute atomic E-state index is 0.580. The van der Waals surface area contributed by atoms with Crippen molar-refractivity contribution in [1.82, 2.24) is 10.1 Å². The Kier molecular flexibility index (Phi) is 1.85. The molecule has 0 aromatic carbocycles. The number of hydrogen-bond donors (Lipinski definition) is 1.